The van der Waals surface area contributed by atoms with Crippen molar-refractivity contribution in [3.8, 4) is 0 Å². The highest BCUT2D eigenvalue weighted by Crippen LogP contribution is 2.24. The van der Waals surface area contributed by atoms with Crippen molar-refractivity contribution in [3.05, 3.63) is 52.5 Å². The van der Waals surface area contributed by atoms with Gasteiger partial charge in [-0.2, -0.15) is 0 Å². The predicted molar refractivity (Wildman–Crippen MR) is 80.5 cm³/mol. The molecule has 3 N–H and O–H groups in total. The quantitative estimate of drug-likeness (QED) is 0.843. The highest BCUT2D eigenvalue weighted by Gasteiger charge is 2.15. The normalized spacial score (nSPS) is 11.3. The van der Waals surface area contributed by atoms with Crippen LogP contribution in [-0.4, -0.2) is 8.42 Å². The van der Waals surface area contributed by atoms with Crippen LogP contribution in [0, 0.1) is 6.92 Å². The van der Waals surface area contributed by atoms with E-state index >= 15 is 0 Å². The number of aryl methyl sites for hydroxylation is 1. The second-order valence-electron chi connectivity index (χ2n) is 4.15. The van der Waals surface area contributed by atoms with Gasteiger partial charge in [-0.25, -0.2) is 8.42 Å². The Kier molecular flexibility index (Phi) is 3.82. The fraction of sp³-hybridized carbons (Fsp3) is 0.0769. The first-order valence-corrected chi connectivity index (χ1v) is 7.80. The smallest absolute Gasteiger partial charge is 0.261 e. The van der Waals surface area contributed by atoms with Crippen molar-refractivity contribution in [1.29, 1.82) is 0 Å². The molecule has 2 aromatic carbocycles. The Morgan fingerprint density at radius 1 is 1.11 bits per heavy atom. The van der Waals surface area contributed by atoms with Crippen molar-refractivity contribution in [2.75, 3.05) is 10.5 Å². The Bertz CT molecular complexity index is 697. The molecule has 2 aromatic rings. The molecule has 0 amide bonds. The number of hydrogen-bond acceptors (Lipinski definition) is 3. The van der Waals surface area contributed by atoms with Gasteiger partial charge < -0.3 is 5.73 Å². The zero-order valence-corrected chi connectivity index (χ0v) is 12.6. The SMILES string of the molecule is Cc1ccc(NS(=O)(=O)c2ccc(Br)c(N)c2)cc1. The Balaban J connectivity index is 2.32. The molecular weight excluding hydrogens is 328 g/mol. The Morgan fingerprint density at radius 3 is 2.32 bits per heavy atom. The summed E-state index contributed by atoms with van der Waals surface area (Å²) >= 11 is 3.23. The average molecular weight is 341 g/mol. The lowest BCUT2D eigenvalue weighted by Crippen LogP contribution is -2.13. The molecule has 0 heterocycles. The standard InChI is InChI=1S/C13H13BrN2O2S/c1-9-2-4-10(5-3-9)16-19(17,18)11-6-7-12(14)13(15)8-11/h2-8,16H,15H2,1H3. The summed E-state index contributed by atoms with van der Waals surface area (Å²) < 4.78 is 27.5. The summed E-state index contributed by atoms with van der Waals surface area (Å²) in [6.07, 6.45) is 0. The zero-order chi connectivity index (χ0) is 14.0. The van der Waals surface area contributed by atoms with E-state index in [2.05, 4.69) is 20.7 Å². The van der Waals surface area contributed by atoms with E-state index in [9.17, 15) is 8.42 Å². The molecule has 0 radical (unpaired) electrons. The summed E-state index contributed by atoms with van der Waals surface area (Å²) in [5.41, 5.74) is 7.66. The van der Waals surface area contributed by atoms with Gasteiger partial charge in [-0.3, -0.25) is 4.72 Å². The number of anilines is 2. The Labute approximate surface area is 120 Å². The predicted octanol–water partition coefficient (Wildman–Crippen LogP) is 3.14. The third-order valence-corrected chi connectivity index (χ3v) is 4.68. The molecule has 0 atom stereocenters. The molecule has 100 valence electrons. The van der Waals surface area contributed by atoms with E-state index in [4.69, 9.17) is 5.73 Å². The number of benzene rings is 2. The first-order chi connectivity index (χ1) is 8.88. The maximum absolute atomic E-state index is 12.2. The number of rotatable bonds is 3. The fourth-order valence-electron chi connectivity index (χ4n) is 1.52. The van der Waals surface area contributed by atoms with Crippen LogP contribution in [0.2, 0.25) is 0 Å². The summed E-state index contributed by atoms with van der Waals surface area (Å²) in [4.78, 5) is 0.133. The van der Waals surface area contributed by atoms with Crippen molar-refractivity contribution in [3.63, 3.8) is 0 Å². The van der Waals surface area contributed by atoms with Gasteiger partial charge in [-0.05, 0) is 53.2 Å². The number of nitrogens with two attached hydrogens (primary N) is 1. The second-order valence-corrected chi connectivity index (χ2v) is 6.69. The van der Waals surface area contributed by atoms with Crippen LogP contribution < -0.4 is 10.5 Å². The lowest BCUT2D eigenvalue weighted by Gasteiger charge is -2.09. The topological polar surface area (TPSA) is 72.2 Å². The van der Waals surface area contributed by atoms with Gasteiger partial charge in [0.05, 0.1) is 4.90 Å². The fourth-order valence-corrected chi connectivity index (χ4v) is 2.86. The van der Waals surface area contributed by atoms with Crippen LogP contribution in [-0.2, 0) is 10.0 Å². The van der Waals surface area contributed by atoms with Crippen molar-refractivity contribution >= 4 is 37.3 Å². The Morgan fingerprint density at radius 2 is 1.74 bits per heavy atom. The van der Waals surface area contributed by atoms with E-state index in [0.717, 1.165) is 5.56 Å². The molecule has 0 aromatic heterocycles. The molecular formula is C13H13BrN2O2S. The minimum absolute atomic E-state index is 0.133. The molecule has 0 aliphatic heterocycles. The van der Waals surface area contributed by atoms with Gasteiger partial charge in [0.2, 0.25) is 0 Å². The highest BCUT2D eigenvalue weighted by atomic mass is 79.9. The molecule has 0 saturated heterocycles. The van der Waals surface area contributed by atoms with E-state index < -0.39 is 10.0 Å². The number of nitrogens with one attached hydrogen (secondary N) is 1. The largest absolute Gasteiger partial charge is 0.398 e. The average Bonchev–Trinajstić information content (AvgIpc) is 2.35. The van der Waals surface area contributed by atoms with Crippen LogP contribution >= 0.6 is 15.9 Å². The van der Waals surface area contributed by atoms with Crippen LogP contribution in [0.1, 0.15) is 5.56 Å². The van der Waals surface area contributed by atoms with Crippen molar-refractivity contribution in [1.82, 2.24) is 0 Å². The molecule has 19 heavy (non-hydrogen) atoms. The van der Waals surface area contributed by atoms with Gasteiger partial charge in [-0.15, -0.1) is 0 Å². The monoisotopic (exact) mass is 340 g/mol. The van der Waals surface area contributed by atoms with Crippen LogP contribution in [0.15, 0.2) is 51.8 Å². The molecule has 6 heteroatoms. The maximum atomic E-state index is 12.2. The van der Waals surface area contributed by atoms with Gasteiger partial charge in [0, 0.05) is 15.8 Å². The van der Waals surface area contributed by atoms with Crippen molar-refractivity contribution < 1.29 is 8.42 Å². The number of sulfonamides is 1. The van der Waals surface area contributed by atoms with Gasteiger partial charge in [0.25, 0.3) is 10.0 Å². The molecule has 0 spiro atoms. The highest BCUT2D eigenvalue weighted by molar-refractivity contribution is 9.10. The summed E-state index contributed by atoms with van der Waals surface area (Å²) in [7, 11) is -3.62. The number of hydrogen-bond donors (Lipinski definition) is 2. The second kappa shape index (κ2) is 5.22. The maximum Gasteiger partial charge on any atom is 0.261 e. The summed E-state index contributed by atoms with van der Waals surface area (Å²) in [6, 6.07) is 11.6. The minimum Gasteiger partial charge on any atom is -0.398 e. The van der Waals surface area contributed by atoms with Gasteiger partial charge in [0.1, 0.15) is 0 Å². The van der Waals surface area contributed by atoms with Gasteiger partial charge in [-0.1, -0.05) is 17.7 Å². The third kappa shape index (κ3) is 3.27. The molecule has 0 fully saturated rings. The molecule has 2 rings (SSSR count). The number of nitrogen functional groups attached to an aromatic ring is 1. The molecule has 0 bridgehead atoms. The molecule has 4 nitrogen and oxygen atoms in total. The lowest BCUT2D eigenvalue weighted by molar-refractivity contribution is 0.601. The van der Waals surface area contributed by atoms with Crippen molar-refractivity contribution in [2.24, 2.45) is 0 Å². The molecule has 0 aliphatic carbocycles. The molecule has 0 saturated carbocycles. The van der Waals surface area contributed by atoms with Crippen LogP contribution in [0.3, 0.4) is 0 Å². The van der Waals surface area contributed by atoms with Crippen LogP contribution in [0.25, 0.3) is 0 Å². The molecule has 0 unspecified atom stereocenters. The van der Waals surface area contributed by atoms with Crippen LogP contribution in [0.4, 0.5) is 11.4 Å². The van der Waals surface area contributed by atoms with Crippen LogP contribution in [0.5, 0.6) is 0 Å². The first-order valence-electron chi connectivity index (χ1n) is 5.53. The van der Waals surface area contributed by atoms with Gasteiger partial charge in [0.15, 0.2) is 0 Å². The first kappa shape index (κ1) is 13.9. The lowest BCUT2D eigenvalue weighted by atomic mass is 10.2. The third-order valence-electron chi connectivity index (χ3n) is 2.58. The Hall–Kier alpha value is -1.53. The summed E-state index contributed by atoms with van der Waals surface area (Å²) in [6.45, 7) is 1.94. The van der Waals surface area contributed by atoms with Gasteiger partial charge >= 0.3 is 0 Å². The summed E-state index contributed by atoms with van der Waals surface area (Å²) in [5, 5.41) is 0. The van der Waals surface area contributed by atoms with E-state index in [1.165, 1.54) is 12.1 Å². The summed E-state index contributed by atoms with van der Waals surface area (Å²) in [5.74, 6) is 0. The van der Waals surface area contributed by atoms with Crippen molar-refractivity contribution in [2.45, 2.75) is 11.8 Å². The minimum atomic E-state index is -3.62. The van der Waals surface area contributed by atoms with E-state index in [-0.39, 0.29) is 4.90 Å². The molecule has 0 aliphatic rings. The van der Waals surface area contributed by atoms with E-state index in [1.807, 2.05) is 19.1 Å². The number of halogens is 1. The van der Waals surface area contributed by atoms with E-state index in [1.54, 1.807) is 18.2 Å². The zero-order valence-electron chi connectivity index (χ0n) is 10.2. The van der Waals surface area contributed by atoms with E-state index in [0.29, 0.717) is 15.8 Å².